The van der Waals surface area contributed by atoms with E-state index < -0.39 is 20.0 Å². The first kappa shape index (κ1) is 36.0. The molecule has 0 aromatic heterocycles. The molecule has 0 rings (SSSR count). The van der Waals surface area contributed by atoms with Crippen molar-refractivity contribution in [3.05, 3.63) is 0 Å². The van der Waals surface area contributed by atoms with Gasteiger partial charge in [0.2, 0.25) is 0 Å². The Morgan fingerprint density at radius 3 is 1.61 bits per heavy atom. The first-order valence-electron chi connectivity index (χ1n) is 14.7. The summed E-state index contributed by atoms with van der Waals surface area (Å²) in [6.45, 7) is 5.61. The van der Waals surface area contributed by atoms with Crippen LogP contribution in [-0.4, -0.2) is 76.2 Å². The summed E-state index contributed by atoms with van der Waals surface area (Å²) < 4.78 is 34.2. The topological polar surface area (TPSA) is 74.2 Å². The zero-order valence-corrected chi connectivity index (χ0v) is 25.6. The molecule has 0 amide bonds. The Kier molecular flexibility index (Phi) is 22.9. The number of rotatable bonds is 27. The quantitative estimate of drug-likeness (QED) is 0.0663. The van der Waals surface area contributed by atoms with Crippen LogP contribution in [0, 0.1) is 0 Å². The third-order valence-corrected chi connectivity index (χ3v) is 7.42. The molecule has 218 valence electrons. The van der Waals surface area contributed by atoms with Gasteiger partial charge in [-0.1, -0.05) is 103 Å². The van der Waals surface area contributed by atoms with Gasteiger partial charge in [0.15, 0.2) is 0 Å². The molecule has 0 saturated heterocycles. The number of nitrogens with zero attached hydrogens (tertiary/aromatic N) is 1. The Morgan fingerprint density at radius 1 is 0.750 bits per heavy atom. The van der Waals surface area contributed by atoms with Crippen LogP contribution < -0.4 is 0 Å². The second-order valence-corrected chi connectivity index (χ2v) is 12.8. The minimum absolute atomic E-state index is 0.0413. The first-order valence-corrected chi connectivity index (χ1v) is 16.2. The standard InChI is InChI=1S/C28H60NO6P/c1-7-8-9-10-11-12-13-14-15-16-17-18-19-20-21-22-23-33-25-28(32-6)26-34-36(30,31)35-27(2)24-29(3,4)5/h27-28H,7-26H2,1-6H3/p+1/t27-,28-/m1/s1. The Balaban J connectivity index is 3.57. The van der Waals surface area contributed by atoms with Crippen LogP contribution in [0.1, 0.15) is 117 Å². The molecular formula is C28H61NO6P+. The maximum Gasteiger partial charge on any atom is 0.472 e. The van der Waals surface area contributed by atoms with Crippen LogP contribution in [0.15, 0.2) is 0 Å². The Bertz CT molecular complexity index is 529. The summed E-state index contributed by atoms with van der Waals surface area (Å²) in [5, 5.41) is 0. The molecule has 1 N–H and O–H groups in total. The van der Waals surface area contributed by atoms with Crippen molar-refractivity contribution in [2.45, 2.75) is 129 Å². The van der Waals surface area contributed by atoms with Crippen LogP contribution in [0.25, 0.3) is 0 Å². The highest BCUT2D eigenvalue weighted by Crippen LogP contribution is 2.44. The molecule has 36 heavy (non-hydrogen) atoms. The zero-order chi connectivity index (χ0) is 27.1. The predicted octanol–water partition coefficient (Wildman–Crippen LogP) is 7.51. The highest BCUT2D eigenvalue weighted by atomic mass is 31.2. The molecule has 0 heterocycles. The third kappa shape index (κ3) is 25.6. The Morgan fingerprint density at radius 2 is 1.19 bits per heavy atom. The largest absolute Gasteiger partial charge is 0.472 e. The molecule has 7 nitrogen and oxygen atoms in total. The van der Waals surface area contributed by atoms with Crippen LogP contribution in [0.3, 0.4) is 0 Å². The van der Waals surface area contributed by atoms with Crippen molar-refractivity contribution in [1.82, 2.24) is 0 Å². The molecule has 0 saturated carbocycles. The fourth-order valence-corrected chi connectivity index (χ4v) is 5.33. The fraction of sp³-hybridized carbons (Fsp3) is 1.00. The van der Waals surface area contributed by atoms with Crippen LogP contribution in [0.4, 0.5) is 0 Å². The van der Waals surface area contributed by atoms with E-state index >= 15 is 0 Å². The number of likely N-dealkylation sites (N-methyl/N-ethyl adjacent to an activating group) is 1. The Labute approximate surface area is 223 Å². The van der Waals surface area contributed by atoms with Crippen LogP contribution in [-0.2, 0) is 23.1 Å². The van der Waals surface area contributed by atoms with Gasteiger partial charge < -0.3 is 18.9 Å². The number of phosphoric acid groups is 1. The van der Waals surface area contributed by atoms with E-state index in [0.717, 1.165) is 6.42 Å². The van der Waals surface area contributed by atoms with Gasteiger partial charge in [-0.2, -0.15) is 0 Å². The van der Waals surface area contributed by atoms with Gasteiger partial charge in [-0.05, 0) is 13.3 Å². The van der Waals surface area contributed by atoms with E-state index in [-0.39, 0.29) is 6.61 Å². The molecule has 0 fully saturated rings. The summed E-state index contributed by atoms with van der Waals surface area (Å²) in [7, 11) is 3.43. The molecule has 0 aromatic rings. The van der Waals surface area contributed by atoms with E-state index in [4.69, 9.17) is 18.5 Å². The summed E-state index contributed by atoms with van der Waals surface area (Å²) >= 11 is 0. The second-order valence-electron chi connectivity index (χ2n) is 11.4. The lowest BCUT2D eigenvalue weighted by Gasteiger charge is -2.28. The predicted molar refractivity (Wildman–Crippen MR) is 150 cm³/mol. The monoisotopic (exact) mass is 538 g/mol. The third-order valence-electron chi connectivity index (χ3n) is 6.32. The first-order chi connectivity index (χ1) is 17.1. The molecule has 0 aromatic carbocycles. The van der Waals surface area contributed by atoms with Crippen molar-refractivity contribution in [2.75, 3.05) is 54.6 Å². The number of unbranched alkanes of at least 4 members (excludes halogenated alkanes) is 15. The number of quaternary nitrogens is 1. The van der Waals surface area contributed by atoms with E-state index in [9.17, 15) is 9.46 Å². The lowest BCUT2D eigenvalue weighted by atomic mass is 10.0. The molecule has 0 spiro atoms. The minimum Gasteiger partial charge on any atom is -0.379 e. The molecule has 8 heteroatoms. The van der Waals surface area contributed by atoms with Crippen molar-refractivity contribution >= 4 is 7.82 Å². The summed E-state index contributed by atoms with van der Waals surface area (Å²) in [6, 6.07) is 0. The van der Waals surface area contributed by atoms with Gasteiger partial charge in [-0.15, -0.1) is 0 Å². The van der Waals surface area contributed by atoms with Gasteiger partial charge in [0.1, 0.15) is 18.8 Å². The van der Waals surface area contributed by atoms with Gasteiger partial charge in [-0.3, -0.25) is 9.05 Å². The van der Waals surface area contributed by atoms with E-state index in [0.29, 0.717) is 24.2 Å². The summed E-state index contributed by atoms with van der Waals surface area (Å²) in [6.07, 6.45) is 20.8. The number of hydrogen-bond donors (Lipinski definition) is 1. The average Bonchev–Trinajstić information content (AvgIpc) is 2.78. The van der Waals surface area contributed by atoms with E-state index in [1.807, 2.05) is 21.1 Å². The van der Waals surface area contributed by atoms with Gasteiger partial charge in [-0.25, -0.2) is 4.57 Å². The smallest absolute Gasteiger partial charge is 0.379 e. The average molecular weight is 539 g/mol. The van der Waals surface area contributed by atoms with Crippen LogP contribution in [0.2, 0.25) is 0 Å². The van der Waals surface area contributed by atoms with E-state index in [1.54, 1.807) is 14.0 Å². The molecule has 1 unspecified atom stereocenters. The minimum atomic E-state index is -4.13. The van der Waals surface area contributed by atoms with E-state index in [1.165, 1.54) is 96.3 Å². The van der Waals surface area contributed by atoms with Gasteiger partial charge in [0.25, 0.3) is 0 Å². The van der Waals surface area contributed by atoms with Crippen molar-refractivity contribution in [2.24, 2.45) is 0 Å². The van der Waals surface area contributed by atoms with Crippen molar-refractivity contribution in [3.8, 4) is 0 Å². The van der Waals surface area contributed by atoms with Crippen LogP contribution in [0.5, 0.6) is 0 Å². The molecule has 0 aliphatic heterocycles. The number of phosphoric ester groups is 1. The molecule has 0 aliphatic rings. The number of hydrogen-bond acceptors (Lipinski definition) is 5. The summed E-state index contributed by atoms with van der Waals surface area (Å²) in [4.78, 5) is 9.96. The molecule has 3 atom stereocenters. The molecule has 0 bridgehead atoms. The lowest BCUT2D eigenvalue weighted by molar-refractivity contribution is -0.873. The van der Waals surface area contributed by atoms with Crippen molar-refractivity contribution < 1.29 is 32.5 Å². The maximum atomic E-state index is 12.2. The molecular weight excluding hydrogens is 477 g/mol. The highest BCUT2D eigenvalue weighted by molar-refractivity contribution is 7.47. The SMILES string of the molecule is CCCCCCCCCCCCCCCCCCOC[C@H](COP(=O)(O)O[C@H](C)C[N+](C)(C)C)OC. The van der Waals surface area contributed by atoms with Gasteiger partial charge in [0.05, 0.1) is 34.4 Å². The summed E-state index contributed by atoms with van der Waals surface area (Å²) in [5.74, 6) is 0. The molecule has 0 radical (unpaired) electrons. The number of ether oxygens (including phenoxy) is 2. The summed E-state index contributed by atoms with van der Waals surface area (Å²) in [5.41, 5.74) is 0. The number of methoxy groups -OCH3 is 1. The van der Waals surface area contributed by atoms with Gasteiger partial charge >= 0.3 is 7.82 Å². The lowest BCUT2D eigenvalue weighted by Crippen LogP contribution is -2.41. The fourth-order valence-electron chi connectivity index (χ4n) is 4.39. The zero-order valence-electron chi connectivity index (χ0n) is 24.7. The van der Waals surface area contributed by atoms with E-state index in [2.05, 4.69) is 6.92 Å². The normalized spacial score (nSPS) is 15.6. The van der Waals surface area contributed by atoms with Gasteiger partial charge in [0, 0.05) is 13.7 Å². The maximum absolute atomic E-state index is 12.2. The van der Waals surface area contributed by atoms with Crippen LogP contribution >= 0.6 is 7.82 Å². The molecule has 0 aliphatic carbocycles. The second kappa shape index (κ2) is 22.9. The highest BCUT2D eigenvalue weighted by Gasteiger charge is 2.28. The Hall–Kier alpha value is -0.0100. The van der Waals surface area contributed by atoms with Crippen molar-refractivity contribution in [1.29, 1.82) is 0 Å². The van der Waals surface area contributed by atoms with Crippen molar-refractivity contribution in [3.63, 3.8) is 0 Å².